The third-order valence-electron chi connectivity index (χ3n) is 3.62. The number of fused-ring (bicyclic) bond motifs is 1. The average molecular weight is 367 g/mol. The molecule has 0 fully saturated rings. The van der Waals surface area contributed by atoms with Crippen molar-refractivity contribution in [2.75, 3.05) is 4.72 Å². The Balaban J connectivity index is 2.21. The third kappa shape index (κ3) is 2.69. The summed E-state index contributed by atoms with van der Waals surface area (Å²) >= 11 is 1.32. The second-order valence-corrected chi connectivity index (χ2v) is 8.11. The van der Waals surface area contributed by atoms with Crippen LogP contribution in [0.15, 0.2) is 34.0 Å². The quantitative estimate of drug-likeness (QED) is 0.772. The highest BCUT2D eigenvalue weighted by atomic mass is 32.2. The van der Waals surface area contributed by atoms with E-state index in [0.717, 1.165) is 10.9 Å². The first-order valence-electron chi connectivity index (χ1n) is 6.98. The highest BCUT2D eigenvalue weighted by Crippen LogP contribution is 2.22. The lowest BCUT2D eigenvalue weighted by atomic mass is 10.3. The molecule has 0 bridgehead atoms. The monoisotopic (exact) mass is 367 g/mol. The molecule has 0 atom stereocenters. The predicted molar refractivity (Wildman–Crippen MR) is 90.8 cm³/mol. The number of sulfonamides is 1. The Bertz CT molecular complexity index is 1120. The van der Waals surface area contributed by atoms with Crippen LogP contribution in [0, 0.1) is 26.6 Å². The summed E-state index contributed by atoms with van der Waals surface area (Å²) in [5.74, 6) is -0.582. The molecule has 0 saturated carbocycles. The number of aryl methyl sites for hydroxylation is 3. The fraction of sp³-hybridized carbons (Fsp3) is 0.200. The number of nitrogens with zero attached hydrogens (tertiary/aromatic N) is 2. The molecular weight excluding hydrogens is 353 g/mol. The predicted octanol–water partition coefficient (Wildman–Crippen LogP) is 2.62. The van der Waals surface area contributed by atoms with Gasteiger partial charge in [-0.05, 0) is 39.0 Å². The molecule has 0 unspecified atom stereocenters. The third-order valence-corrected chi connectivity index (χ3v) is 6.19. The van der Waals surface area contributed by atoms with Gasteiger partial charge in [0.15, 0.2) is 9.86 Å². The molecule has 2 heterocycles. The molecule has 0 radical (unpaired) electrons. The molecule has 3 rings (SSSR count). The number of anilines is 1. The van der Waals surface area contributed by atoms with Crippen LogP contribution in [0.4, 0.5) is 10.1 Å². The van der Waals surface area contributed by atoms with E-state index in [1.165, 1.54) is 40.9 Å². The van der Waals surface area contributed by atoms with Gasteiger partial charge in [-0.1, -0.05) is 6.07 Å². The Kier molecular flexibility index (Phi) is 3.92. The zero-order valence-electron chi connectivity index (χ0n) is 13.1. The van der Waals surface area contributed by atoms with Gasteiger partial charge in [-0.2, -0.15) is 0 Å². The number of aromatic nitrogens is 2. The molecular formula is C15H14FN3O3S2. The van der Waals surface area contributed by atoms with Gasteiger partial charge in [0.25, 0.3) is 15.6 Å². The van der Waals surface area contributed by atoms with Crippen molar-refractivity contribution in [1.82, 2.24) is 9.38 Å². The SMILES string of the molecule is Cc1nc2sc(C)c(C)n2c(=O)c1S(=O)(=O)Nc1cccc(F)c1. The van der Waals surface area contributed by atoms with Gasteiger partial charge in [-0.25, -0.2) is 17.8 Å². The van der Waals surface area contributed by atoms with Gasteiger partial charge in [0.2, 0.25) is 0 Å². The van der Waals surface area contributed by atoms with E-state index in [4.69, 9.17) is 0 Å². The van der Waals surface area contributed by atoms with Gasteiger partial charge in [-0.15, -0.1) is 11.3 Å². The standard InChI is InChI=1S/C15H14FN3O3S2/c1-8-13(14(20)19-9(2)10(3)23-15(19)17-8)24(21,22)18-12-6-4-5-11(16)7-12/h4-7,18H,1-3H3. The van der Waals surface area contributed by atoms with Crippen LogP contribution >= 0.6 is 11.3 Å². The normalized spacial score (nSPS) is 11.8. The Morgan fingerprint density at radius 2 is 1.96 bits per heavy atom. The summed E-state index contributed by atoms with van der Waals surface area (Å²) in [7, 11) is -4.20. The zero-order chi connectivity index (χ0) is 17.6. The summed E-state index contributed by atoms with van der Waals surface area (Å²) in [5.41, 5.74) is 0.125. The van der Waals surface area contributed by atoms with Crippen molar-refractivity contribution in [3.8, 4) is 0 Å². The van der Waals surface area contributed by atoms with Crippen molar-refractivity contribution >= 4 is 32.0 Å². The number of benzene rings is 1. The molecule has 0 aliphatic rings. The smallest absolute Gasteiger partial charge is 0.279 e. The molecule has 2 aromatic heterocycles. The van der Waals surface area contributed by atoms with Gasteiger partial charge in [0, 0.05) is 10.6 Å². The Labute approximate surface area is 141 Å². The van der Waals surface area contributed by atoms with Gasteiger partial charge in [-0.3, -0.25) is 13.9 Å². The van der Waals surface area contributed by atoms with Crippen LogP contribution in [0.5, 0.6) is 0 Å². The second-order valence-electron chi connectivity index (χ2n) is 5.31. The first-order chi connectivity index (χ1) is 11.2. The molecule has 9 heteroatoms. The van der Waals surface area contributed by atoms with Crippen LogP contribution in [0.2, 0.25) is 0 Å². The van der Waals surface area contributed by atoms with Crippen molar-refractivity contribution in [3.63, 3.8) is 0 Å². The van der Waals surface area contributed by atoms with Crippen LogP contribution < -0.4 is 10.3 Å². The summed E-state index contributed by atoms with van der Waals surface area (Å²) < 4.78 is 42.0. The van der Waals surface area contributed by atoms with E-state index in [1.807, 2.05) is 6.92 Å². The molecule has 0 saturated heterocycles. The Hall–Kier alpha value is -2.26. The maximum absolute atomic E-state index is 13.3. The number of thiazole rings is 1. The first-order valence-corrected chi connectivity index (χ1v) is 9.28. The first kappa shape index (κ1) is 16.6. The molecule has 126 valence electrons. The molecule has 0 aliphatic carbocycles. The van der Waals surface area contributed by atoms with Crippen molar-refractivity contribution in [2.45, 2.75) is 25.7 Å². The van der Waals surface area contributed by atoms with Crippen LogP contribution in [-0.2, 0) is 10.0 Å². The topological polar surface area (TPSA) is 80.5 Å². The minimum absolute atomic E-state index is 0.0390. The lowest BCUT2D eigenvalue weighted by molar-refractivity contribution is 0.598. The van der Waals surface area contributed by atoms with Crippen molar-refractivity contribution in [1.29, 1.82) is 0 Å². The molecule has 6 nitrogen and oxygen atoms in total. The lowest BCUT2D eigenvalue weighted by Gasteiger charge is -2.10. The maximum Gasteiger partial charge on any atom is 0.279 e. The molecule has 0 aliphatic heterocycles. The summed E-state index contributed by atoms with van der Waals surface area (Å²) in [6, 6.07) is 5.01. The van der Waals surface area contributed by atoms with Gasteiger partial charge < -0.3 is 0 Å². The molecule has 24 heavy (non-hydrogen) atoms. The highest BCUT2D eigenvalue weighted by molar-refractivity contribution is 7.92. The van der Waals surface area contributed by atoms with Crippen LogP contribution in [0.1, 0.15) is 16.3 Å². The van der Waals surface area contributed by atoms with E-state index >= 15 is 0 Å². The highest BCUT2D eigenvalue weighted by Gasteiger charge is 2.25. The summed E-state index contributed by atoms with van der Waals surface area (Å²) in [6.45, 7) is 5.03. The molecule has 3 aromatic rings. The maximum atomic E-state index is 13.3. The number of hydrogen-bond donors (Lipinski definition) is 1. The number of rotatable bonds is 3. The average Bonchev–Trinajstić information content (AvgIpc) is 2.72. The fourth-order valence-corrected chi connectivity index (χ4v) is 4.69. The van der Waals surface area contributed by atoms with Crippen LogP contribution in [0.3, 0.4) is 0 Å². The van der Waals surface area contributed by atoms with Gasteiger partial charge >= 0.3 is 0 Å². The number of nitrogens with one attached hydrogen (secondary N) is 1. The molecule has 0 spiro atoms. The minimum Gasteiger partial charge on any atom is -0.279 e. The van der Waals surface area contributed by atoms with E-state index in [2.05, 4.69) is 9.71 Å². The zero-order valence-corrected chi connectivity index (χ0v) is 14.8. The molecule has 1 N–H and O–H groups in total. The second kappa shape index (κ2) is 5.67. The Morgan fingerprint density at radius 1 is 1.25 bits per heavy atom. The lowest BCUT2D eigenvalue weighted by Crippen LogP contribution is -2.28. The van der Waals surface area contributed by atoms with Gasteiger partial charge in [0.05, 0.1) is 11.4 Å². The number of halogens is 1. The summed E-state index contributed by atoms with van der Waals surface area (Å²) in [4.78, 5) is 17.8. The summed E-state index contributed by atoms with van der Waals surface area (Å²) in [6.07, 6.45) is 0. The van der Waals surface area contributed by atoms with E-state index in [1.54, 1.807) is 6.92 Å². The van der Waals surface area contributed by atoms with E-state index < -0.39 is 26.3 Å². The van der Waals surface area contributed by atoms with Crippen molar-refractivity contribution in [3.05, 3.63) is 56.7 Å². The van der Waals surface area contributed by atoms with Gasteiger partial charge in [0.1, 0.15) is 5.82 Å². The van der Waals surface area contributed by atoms with Crippen LogP contribution in [-0.4, -0.2) is 17.8 Å². The molecule has 1 aromatic carbocycles. The van der Waals surface area contributed by atoms with E-state index in [0.29, 0.717) is 10.7 Å². The van der Waals surface area contributed by atoms with E-state index in [9.17, 15) is 17.6 Å². The Morgan fingerprint density at radius 3 is 2.62 bits per heavy atom. The summed E-state index contributed by atoms with van der Waals surface area (Å²) in [5, 5.41) is 0. The largest absolute Gasteiger partial charge is 0.279 e. The molecule has 0 amide bonds. The van der Waals surface area contributed by atoms with E-state index in [-0.39, 0.29) is 11.4 Å². The van der Waals surface area contributed by atoms with Crippen molar-refractivity contribution < 1.29 is 12.8 Å². The van der Waals surface area contributed by atoms with Crippen LogP contribution in [0.25, 0.3) is 4.96 Å². The fourth-order valence-electron chi connectivity index (χ4n) is 2.39. The number of hydrogen-bond acceptors (Lipinski definition) is 5. The van der Waals surface area contributed by atoms with Crippen molar-refractivity contribution in [2.24, 2.45) is 0 Å². The minimum atomic E-state index is -4.20.